The van der Waals surface area contributed by atoms with Crippen LogP contribution in [0.15, 0.2) is 42.5 Å². The highest BCUT2D eigenvalue weighted by atomic mass is 16.5. The first-order valence-corrected chi connectivity index (χ1v) is 9.08. The quantitative estimate of drug-likeness (QED) is 0.869. The number of methoxy groups -OCH3 is 1. The van der Waals surface area contributed by atoms with Crippen molar-refractivity contribution in [3.05, 3.63) is 59.2 Å². The highest BCUT2D eigenvalue weighted by molar-refractivity contribution is 5.77. The van der Waals surface area contributed by atoms with Gasteiger partial charge >= 0.3 is 0 Å². The van der Waals surface area contributed by atoms with Crippen molar-refractivity contribution in [1.82, 2.24) is 5.32 Å². The van der Waals surface area contributed by atoms with Crippen LogP contribution in [0.1, 0.15) is 49.4 Å². The summed E-state index contributed by atoms with van der Waals surface area (Å²) in [6.45, 7) is 6.15. The molecule has 0 aromatic heterocycles. The first kappa shape index (κ1) is 18.3. The molecule has 1 atom stereocenters. The maximum absolute atomic E-state index is 12.5. The summed E-state index contributed by atoms with van der Waals surface area (Å²) in [6, 6.07) is 14.1. The van der Waals surface area contributed by atoms with E-state index in [4.69, 9.17) is 9.47 Å². The van der Waals surface area contributed by atoms with Crippen LogP contribution in [0, 0.1) is 6.92 Å². The monoisotopic (exact) mass is 353 g/mol. The van der Waals surface area contributed by atoms with E-state index in [0.717, 1.165) is 29.9 Å². The van der Waals surface area contributed by atoms with Gasteiger partial charge in [-0.25, -0.2) is 0 Å². The third kappa shape index (κ3) is 4.37. The highest BCUT2D eigenvalue weighted by Gasteiger charge is 2.34. The lowest BCUT2D eigenvalue weighted by Gasteiger charge is -2.38. The van der Waals surface area contributed by atoms with Crippen LogP contribution in [-0.4, -0.2) is 18.6 Å². The Morgan fingerprint density at radius 3 is 2.65 bits per heavy atom. The first-order valence-electron chi connectivity index (χ1n) is 9.08. The van der Waals surface area contributed by atoms with E-state index in [9.17, 15) is 4.79 Å². The van der Waals surface area contributed by atoms with Crippen LogP contribution >= 0.6 is 0 Å². The van der Waals surface area contributed by atoms with Crippen LogP contribution in [0.25, 0.3) is 0 Å². The van der Waals surface area contributed by atoms with Gasteiger partial charge in [-0.15, -0.1) is 0 Å². The Bertz CT molecular complexity index is 780. The van der Waals surface area contributed by atoms with Gasteiger partial charge in [0.25, 0.3) is 0 Å². The summed E-state index contributed by atoms with van der Waals surface area (Å²) in [5.74, 6) is 1.60. The molecule has 0 fully saturated rings. The molecule has 26 heavy (non-hydrogen) atoms. The molecule has 0 saturated heterocycles. The molecule has 0 bridgehead atoms. The second kappa shape index (κ2) is 7.40. The Morgan fingerprint density at radius 2 is 1.96 bits per heavy atom. The van der Waals surface area contributed by atoms with Crippen molar-refractivity contribution in [2.45, 2.75) is 51.7 Å². The third-order valence-corrected chi connectivity index (χ3v) is 4.77. The summed E-state index contributed by atoms with van der Waals surface area (Å²) in [7, 11) is 1.64. The molecular formula is C22H27NO3. The molecule has 0 radical (unpaired) electrons. The zero-order chi connectivity index (χ0) is 18.7. The molecule has 4 nitrogen and oxygen atoms in total. The van der Waals surface area contributed by atoms with E-state index in [0.29, 0.717) is 6.42 Å². The van der Waals surface area contributed by atoms with E-state index in [1.165, 1.54) is 11.1 Å². The molecule has 1 heterocycles. The molecule has 2 aromatic carbocycles. The molecule has 1 aliphatic heterocycles. The predicted molar refractivity (Wildman–Crippen MR) is 103 cm³/mol. The van der Waals surface area contributed by atoms with Crippen molar-refractivity contribution >= 4 is 5.91 Å². The van der Waals surface area contributed by atoms with E-state index < -0.39 is 0 Å². The van der Waals surface area contributed by atoms with Crippen molar-refractivity contribution in [3.63, 3.8) is 0 Å². The lowest BCUT2D eigenvalue weighted by molar-refractivity contribution is -0.122. The van der Waals surface area contributed by atoms with Gasteiger partial charge in [0.15, 0.2) is 0 Å². The summed E-state index contributed by atoms with van der Waals surface area (Å²) in [6.07, 6.45) is 1.96. The van der Waals surface area contributed by atoms with Gasteiger partial charge in [-0.3, -0.25) is 4.79 Å². The average molecular weight is 353 g/mol. The van der Waals surface area contributed by atoms with Crippen molar-refractivity contribution < 1.29 is 14.3 Å². The Balaban J connectivity index is 1.68. The lowest BCUT2D eigenvalue weighted by atomic mass is 9.89. The van der Waals surface area contributed by atoms with Crippen molar-refractivity contribution in [2.24, 2.45) is 0 Å². The molecule has 1 aliphatic rings. The topological polar surface area (TPSA) is 47.6 Å². The van der Waals surface area contributed by atoms with Gasteiger partial charge in [-0.1, -0.05) is 29.8 Å². The van der Waals surface area contributed by atoms with Gasteiger partial charge in [-0.05, 0) is 44.9 Å². The fourth-order valence-corrected chi connectivity index (χ4v) is 3.37. The second-order valence-electron chi connectivity index (χ2n) is 7.58. The number of carbonyl (C=O) groups excluding carboxylic acids is 1. The number of amides is 1. The van der Waals surface area contributed by atoms with Crippen LogP contribution in [0.3, 0.4) is 0 Å². The average Bonchev–Trinajstić information content (AvgIpc) is 2.59. The summed E-state index contributed by atoms with van der Waals surface area (Å²) >= 11 is 0. The van der Waals surface area contributed by atoms with Gasteiger partial charge in [0.05, 0.1) is 13.2 Å². The first-order chi connectivity index (χ1) is 12.4. The Kier molecular flexibility index (Phi) is 5.21. The maximum atomic E-state index is 12.5. The number of nitrogens with one attached hydrogen (secondary N) is 1. The fraction of sp³-hybridized carbons (Fsp3) is 0.409. The zero-order valence-corrected chi connectivity index (χ0v) is 16.0. The van der Waals surface area contributed by atoms with E-state index in [2.05, 4.69) is 36.5 Å². The summed E-state index contributed by atoms with van der Waals surface area (Å²) in [5, 5.41) is 3.19. The number of benzene rings is 2. The van der Waals surface area contributed by atoms with Gasteiger partial charge in [0.1, 0.15) is 17.1 Å². The van der Waals surface area contributed by atoms with Crippen LogP contribution < -0.4 is 14.8 Å². The lowest BCUT2D eigenvalue weighted by Crippen LogP contribution is -2.41. The number of hydrogen-bond donors (Lipinski definition) is 1. The molecule has 2 aromatic rings. The molecule has 0 saturated carbocycles. The number of rotatable bonds is 5. The van der Waals surface area contributed by atoms with Gasteiger partial charge in [0, 0.05) is 24.5 Å². The summed E-state index contributed by atoms with van der Waals surface area (Å²) in [5.41, 5.74) is 3.08. The largest absolute Gasteiger partial charge is 0.497 e. The number of hydrogen-bond acceptors (Lipinski definition) is 3. The molecule has 1 amide bonds. The minimum absolute atomic E-state index is 0.0508. The molecule has 3 rings (SSSR count). The highest BCUT2D eigenvalue weighted by Crippen LogP contribution is 2.41. The third-order valence-electron chi connectivity index (χ3n) is 4.77. The predicted octanol–water partition coefficient (Wildman–Crippen LogP) is 4.35. The minimum atomic E-state index is -0.339. The number of fused-ring (bicyclic) bond motifs is 1. The molecule has 138 valence electrons. The Morgan fingerprint density at radius 1 is 1.23 bits per heavy atom. The Labute approximate surface area is 155 Å². The van der Waals surface area contributed by atoms with Crippen molar-refractivity contribution in [2.75, 3.05) is 7.11 Å². The molecule has 0 aliphatic carbocycles. The molecule has 4 heteroatoms. The van der Waals surface area contributed by atoms with Crippen LogP contribution in [0.5, 0.6) is 11.5 Å². The summed E-state index contributed by atoms with van der Waals surface area (Å²) in [4.78, 5) is 12.5. The standard InChI is InChI=1S/C22H27NO3/c1-15-5-7-16(8-6-15)9-12-21(24)23-19-14-22(2,3)26-20-13-17(25-4)10-11-18(19)20/h5-8,10-11,13,19H,9,12,14H2,1-4H3,(H,23,24)/t19-/m1/s1. The number of carbonyl (C=O) groups is 1. The molecule has 0 unspecified atom stereocenters. The molecule has 1 N–H and O–H groups in total. The number of ether oxygens (including phenoxy) is 2. The smallest absolute Gasteiger partial charge is 0.220 e. The minimum Gasteiger partial charge on any atom is -0.497 e. The van der Waals surface area contributed by atoms with Crippen LogP contribution in [-0.2, 0) is 11.2 Å². The SMILES string of the molecule is COc1ccc2c(c1)OC(C)(C)C[C@H]2NC(=O)CCc1ccc(C)cc1. The van der Waals surface area contributed by atoms with E-state index in [1.54, 1.807) is 7.11 Å². The van der Waals surface area contributed by atoms with E-state index >= 15 is 0 Å². The second-order valence-corrected chi connectivity index (χ2v) is 7.58. The van der Waals surface area contributed by atoms with Crippen LogP contribution in [0.2, 0.25) is 0 Å². The summed E-state index contributed by atoms with van der Waals surface area (Å²) < 4.78 is 11.4. The number of aryl methyl sites for hydroxylation is 2. The fourth-order valence-electron chi connectivity index (χ4n) is 3.37. The maximum Gasteiger partial charge on any atom is 0.220 e. The molecular weight excluding hydrogens is 326 g/mol. The van der Waals surface area contributed by atoms with Gasteiger partial charge in [0.2, 0.25) is 5.91 Å². The Hall–Kier alpha value is -2.49. The van der Waals surface area contributed by atoms with Crippen molar-refractivity contribution in [3.8, 4) is 11.5 Å². The van der Waals surface area contributed by atoms with Crippen molar-refractivity contribution in [1.29, 1.82) is 0 Å². The van der Waals surface area contributed by atoms with Crippen LogP contribution in [0.4, 0.5) is 0 Å². The normalized spacial score (nSPS) is 17.8. The molecule has 0 spiro atoms. The van der Waals surface area contributed by atoms with Gasteiger partial charge < -0.3 is 14.8 Å². The van der Waals surface area contributed by atoms with Gasteiger partial charge in [-0.2, -0.15) is 0 Å². The zero-order valence-electron chi connectivity index (χ0n) is 16.0. The van der Waals surface area contributed by atoms with E-state index in [1.807, 2.05) is 32.0 Å². The van der Waals surface area contributed by atoms with E-state index in [-0.39, 0.29) is 17.6 Å².